The highest BCUT2D eigenvalue weighted by molar-refractivity contribution is 5.78. The van der Waals surface area contributed by atoms with Gasteiger partial charge in [0, 0.05) is 18.8 Å². The number of benzene rings is 1. The predicted octanol–water partition coefficient (Wildman–Crippen LogP) is 4.53. The lowest BCUT2D eigenvalue weighted by atomic mass is 9.90. The van der Waals surface area contributed by atoms with Gasteiger partial charge >= 0.3 is 0 Å². The molecule has 4 nitrogen and oxygen atoms in total. The molecule has 1 fully saturated rings. The van der Waals surface area contributed by atoms with Gasteiger partial charge in [0.2, 0.25) is 5.88 Å². The van der Waals surface area contributed by atoms with Gasteiger partial charge in [-0.2, -0.15) is 0 Å². The first kappa shape index (κ1) is 18.9. The summed E-state index contributed by atoms with van der Waals surface area (Å²) in [7, 11) is 1.66. The standard InChI is InChI=1S/C24H29N3O/c1-28-23-10-9-22-24(26-23)21(11-15-25-22)14-18-27-16-12-20(13-17-27)8-7-19-5-3-2-4-6-19/h2-6,9-11,15,20H,7-8,12-14,16-18H2,1H3. The molecule has 1 aromatic carbocycles. The van der Waals surface area contributed by atoms with Crippen molar-refractivity contribution in [1.82, 2.24) is 14.9 Å². The Bertz CT molecular complexity index is 889. The molecule has 0 N–H and O–H groups in total. The zero-order valence-corrected chi connectivity index (χ0v) is 16.7. The number of ether oxygens (including phenoxy) is 1. The zero-order chi connectivity index (χ0) is 19.2. The third-order valence-electron chi connectivity index (χ3n) is 5.94. The Labute approximate surface area is 167 Å². The molecule has 0 spiro atoms. The molecule has 1 aliphatic rings. The van der Waals surface area contributed by atoms with E-state index in [1.54, 1.807) is 7.11 Å². The van der Waals surface area contributed by atoms with Gasteiger partial charge < -0.3 is 9.64 Å². The van der Waals surface area contributed by atoms with E-state index in [1.165, 1.54) is 49.9 Å². The number of likely N-dealkylation sites (tertiary alicyclic amines) is 1. The SMILES string of the molecule is COc1ccc2nccc(CCN3CCC(CCc4ccccc4)CC3)c2n1. The molecule has 3 aromatic rings. The highest BCUT2D eigenvalue weighted by atomic mass is 16.5. The van der Waals surface area contributed by atoms with E-state index in [1.807, 2.05) is 18.3 Å². The van der Waals surface area contributed by atoms with Crippen LogP contribution in [-0.2, 0) is 12.8 Å². The van der Waals surface area contributed by atoms with E-state index in [9.17, 15) is 0 Å². The third kappa shape index (κ3) is 4.68. The number of hydrogen-bond donors (Lipinski definition) is 0. The van der Waals surface area contributed by atoms with Crippen molar-refractivity contribution in [2.45, 2.75) is 32.1 Å². The number of methoxy groups -OCH3 is 1. The number of hydrogen-bond acceptors (Lipinski definition) is 4. The molecule has 3 heterocycles. The molecule has 1 saturated heterocycles. The van der Waals surface area contributed by atoms with Crippen LogP contribution in [0.2, 0.25) is 0 Å². The molecule has 146 valence electrons. The summed E-state index contributed by atoms with van der Waals surface area (Å²) in [5.41, 5.74) is 4.64. The molecule has 1 aliphatic heterocycles. The minimum atomic E-state index is 0.654. The highest BCUT2D eigenvalue weighted by Gasteiger charge is 2.19. The monoisotopic (exact) mass is 375 g/mol. The van der Waals surface area contributed by atoms with Crippen molar-refractivity contribution in [2.24, 2.45) is 5.92 Å². The molecule has 2 aromatic heterocycles. The largest absolute Gasteiger partial charge is 0.481 e. The van der Waals surface area contributed by atoms with Crippen LogP contribution in [0.25, 0.3) is 11.0 Å². The Morgan fingerprint density at radius 3 is 2.61 bits per heavy atom. The maximum atomic E-state index is 5.29. The van der Waals surface area contributed by atoms with Crippen LogP contribution in [0.15, 0.2) is 54.7 Å². The van der Waals surface area contributed by atoms with Gasteiger partial charge in [0.15, 0.2) is 0 Å². The number of nitrogens with zero attached hydrogens (tertiary/aromatic N) is 3. The second-order valence-corrected chi connectivity index (χ2v) is 7.75. The van der Waals surface area contributed by atoms with Crippen LogP contribution >= 0.6 is 0 Å². The Hall–Kier alpha value is -2.46. The fourth-order valence-corrected chi connectivity index (χ4v) is 4.17. The van der Waals surface area contributed by atoms with Crippen molar-refractivity contribution in [3.8, 4) is 5.88 Å². The number of piperidine rings is 1. The van der Waals surface area contributed by atoms with Gasteiger partial charge in [-0.15, -0.1) is 0 Å². The summed E-state index contributed by atoms with van der Waals surface area (Å²) in [6.07, 6.45) is 8.06. The van der Waals surface area contributed by atoms with E-state index in [2.05, 4.69) is 51.3 Å². The Kier molecular flexibility index (Phi) is 6.17. The lowest BCUT2D eigenvalue weighted by molar-refractivity contribution is 0.181. The maximum Gasteiger partial charge on any atom is 0.213 e. The summed E-state index contributed by atoms with van der Waals surface area (Å²) >= 11 is 0. The number of fused-ring (bicyclic) bond motifs is 1. The number of aryl methyl sites for hydroxylation is 1. The second kappa shape index (κ2) is 9.16. The van der Waals surface area contributed by atoms with Crippen LogP contribution in [0.5, 0.6) is 5.88 Å². The first-order valence-electron chi connectivity index (χ1n) is 10.4. The third-order valence-corrected chi connectivity index (χ3v) is 5.94. The number of pyridine rings is 2. The number of aromatic nitrogens is 2. The minimum absolute atomic E-state index is 0.654. The van der Waals surface area contributed by atoms with Crippen LogP contribution < -0.4 is 4.74 Å². The molecule has 0 unspecified atom stereocenters. The van der Waals surface area contributed by atoms with Gasteiger partial charge in [-0.3, -0.25) is 4.98 Å². The smallest absolute Gasteiger partial charge is 0.213 e. The van der Waals surface area contributed by atoms with Gasteiger partial charge in [-0.25, -0.2) is 4.98 Å². The van der Waals surface area contributed by atoms with E-state index in [-0.39, 0.29) is 0 Å². The Morgan fingerprint density at radius 1 is 1.00 bits per heavy atom. The topological polar surface area (TPSA) is 38.2 Å². The van der Waals surface area contributed by atoms with Crippen LogP contribution in [0, 0.1) is 5.92 Å². The average molecular weight is 376 g/mol. The molecule has 0 saturated carbocycles. The fraction of sp³-hybridized carbons (Fsp3) is 0.417. The molecule has 28 heavy (non-hydrogen) atoms. The van der Waals surface area contributed by atoms with E-state index in [0.29, 0.717) is 5.88 Å². The summed E-state index contributed by atoms with van der Waals surface area (Å²) in [5, 5.41) is 0. The molecule has 4 rings (SSSR count). The zero-order valence-electron chi connectivity index (χ0n) is 16.7. The van der Waals surface area contributed by atoms with E-state index in [4.69, 9.17) is 4.74 Å². The van der Waals surface area contributed by atoms with Gasteiger partial charge in [0.25, 0.3) is 0 Å². The van der Waals surface area contributed by atoms with Crippen LogP contribution in [0.3, 0.4) is 0 Å². The van der Waals surface area contributed by atoms with Gasteiger partial charge in [0.1, 0.15) is 0 Å². The van der Waals surface area contributed by atoms with Crippen molar-refractivity contribution in [3.63, 3.8) is 0 Å². The van der Waals surface area contributed by atoms with Crippen LogP contribution in [0.1, 0.15) is 30.4 Å². The lowest BCUT2D eigenvalue weighted by Gasteiger charge is -2.32. The first-order chi connectivity index (χ1) is 13.8. The van der Waals surface area contributed by atoms with Crippen molar-refractivity contribution in [2.75, 3.05) is 26.7 Å². The molecular formula is C24H29N3O. The quantitative estimate of drug-likeness (QED) is 0.608. The highest BCUT2D eigenvalue weighted by Crippen LogP contribution is 2.24. The molecule has 0 radical (unpaired) electrons. The molecule has 0 aliphatic carbocycles. The van der Waals surface area contributed by atoms with E-state index in [0.717, 1.165) is 29.9 Å². The van der Waals surface area contributed by atoms with E-state index < -0.39 is 0 Å². The van der Waals surface area contributed by atoms with Crippen molar-refractivity contribution in [1.29, 1.82) is 0 Å². The molecule has 0 atom stereocenters. The average Bonchev–Trinajstić information content (AvgIpc) is 2.77. The summed E-state index contributed by atoms with van der Waals surface area (Å²) in [6.45, 7) is 3.50. The Balaban J connectivity index is 1.28. The first-order valence-corrected chi connectivity index (χ1v) is 10.4. The minimum Gasteiger partial charge on any atom is -0.481 e. The Morgan fingerprint density at radius 2 is 1.82 bits per heavy atom. The molecule has 0 bridgehead atoms. The maximum absolute atomic E-state index is 5.29. The van der Waals surface area contributed by atoms with Gasteiger partial charge in [-0.1, -0.05) is 30.3 Å². The summed E-state index contributed by atoms with van der Waals surface area (Å²) < 4.78 is 5.29. The predicted molar refractivity (Wildman–Crippen MR) is 114 cm³/mol. The summed E-state index contributed by atoms with van der Waals surface area (Å²) in [4.78, 5) is 11.7. The van der Waals surface area contributed by atoms with Crippen molar-refractivity contribution >= 4 is 11.0 Å². The van der Waals surface area contributed by atoms with Gasteiger partial charge in [-0.05, 0) is 74.4 Å². The summed E-state index contributed by atoms with van der Waals surface area (Å²) in [6, 6.07) is 16.8. The van der Waals surface area contributed by atoms with Crippen LogP contribution in [-0.4, -0.2) is 41.6 Å². The van der Waals surface area contributed by atoms with Crippen molar-refractivity contribution < 1.29 is 4.74 Å². The van der Waals surface area contributed by atoms with Crippen molar-refractivity contribution in [3.05, 3.63) is 65.9 Å². The molecule has 0 amide bonds. The normalized spacial score (nSPS) is 15.8. The van der Waals surface area contributed by atoms with Crippen LogP contribution in [0.4, 0.5) is 0 Å². The number of rotatable bonds is 7. The summed E-state index contributed by atoms with van der Waals surface area (Å²) in [5.74, 6) is 1.52. The molecule has 4 heteroatoms. The fourth-order valence-electron chi connectivity index (χ4n) is 4.17. The van der Waals surface area contributed by atoms with Gasteiger partial charge in [0.05, 0.1) is 18.1 Å². The second-order valence-electron chi connectivity index (χ2n) is 7.75. The lowest BCUT2D eigenvalue weighted by Crippen LogP contribution is -2.35. The van der Waals surface area contributed by atoms with E-state index >= 15 is 0 Å². The molecular weight excluding hydrogens is 346 g/mol.